The predicted molar refractivity (Wildman–Crippen MR) is 78.2 cm³/mol. The number of carboxylic acid groups (broad SMARTS) is 1. The van der Waals surface area contributed by atoms with Gasteiger partial charge in [-0.3, -0.25) is 4.79 Å². The highest BCUT2D eigenvalue weighted by Gasteiger charge is 2.14. The number of nitrogens with zero attached hydrogens (tertiary/aromatic N) is 3. The lowest BCUT2D eigenvalue weighted by Gasteiger charge is -2.28. The number of hydrogen-bond acceptors (Lipinski definition) is 3. The summed E-state index contributed by atoms with van der Waals surface area (Å²) in [5.41, 5.74) is 2.97. The number of aromatic nitrogens is 2. The van der Waals surface area contributed by atoms with Crippen LogP contribution in [-0.2, 0) is 11.3 Å². The lowest BCUT2D eigenvalue weighted by Crippen LogP contribution is -2.29. The summed E-state index contributed by atoms with van der Waals surface area (Å²) >= 11 is 0. The van der Waals surface area contributed by atoms with E-state index in [4.69, 9.17) is 5.11 Å². The first kappa shape index (κ1) is 13.0. The van der Waals surface area contributed by atoms with Crippen molar-refractivity contribution >= 4 is 22.7 Å². The molecule has 5 nitrogen and oxygen atoms in total. The molecule has 1 aliphatic rings. The maximum absolute atomic E-state index is 10.9. The predicted octanol–water partition coefficient (Wildman–Crippen LogP) is 2.42. The van der Waals surface area contributed by atoms with E-state index in [1.165, 1.54) is 24.9 Å². The zero-order valence-corrected chi connectivity index (χ0v) is 11.7. The Morgan fingerprint density at radius 1 is 1.30 bits per heavy atom. The highest BCUT2D eigenvalue weighted by molar-refractivity contribution is 5.82. The molecule has 1 N–H and O–H groups in total. The Hall–Kier alpha value is -2.04. The first-order valence-corrected chi connectivity index (χ1v) is 7.09. The number of aryl methyl sites for hydroxylation is 1. The van der Waals surface area contributed by atoms with Gasteiger partial charge in [-0.2, -0.15) is 0 Å². The molecule has 1 aromatic carbocycles. The lowest BCUT2D eigenvalue weighted by molar-refractivity contribution is -0.137. The summed E-state index contributed by atoms with van der Waals surface area (Å²) in [6.07, 6.45) is 3.79. The van der Waals surface area contributed by atoms with Crippen molar-refractivity contribution in [3.05, 3.63) is 24.0 Å². The van der Waals surface area contributed by atoms with Crippen molar-refractivity contribution in [3.63, 3.8) is 0 Å². The molecule has 20 heavy (non-hydrogen) atoms. The van der Waals surface area contributed by atoms with E-state index in [9.17, 15) is 4.79 Å². The maximum atomic E-state index is 10.9. The molecule has 0 radical (unpaired) electrons. The fraction of sp³-hybridized carbons (Fsp3) is 0.467. The molecule has 0 unspecified atom stereocenters. The largest absolute Gasteiger partial charge is 0.480 e. The molecule has 2 heterocycles. The molecule has 3 rings (SSSR count). The smallest absolute Gasteiger partial charge is 0.323 e. The van der Waals surface area contributed by atoms with E-state index in [1.54, 1.807) is 4.57 Å². The maximum Gasteiger partial charge on any atom is 0.323 e. The average molecular weight is 273 g/mol. The van der Waals surface area contributed by atoms with Crippen molar-refractivity contribution in [1.82, 2.24) is 9.55 Å². The Kier molecular flexibility index (Phi) is 3.34. The number of carbonyl (C=O) groups is 1. The molecule has 1 saturated heterocycles. The quantitative estimate of drug-likeness (QED) is 0.933. The van der Waals surface area contributed by atoms with Gasteiger partial charge in [0.1, 0.15) is 12.4 Å². The SMILES string of the molecule is Cc1nc2cc(N3CCCCC3)ccc2n1CC(=O)O. The number of carboxylic acids is 1. The summed E-state index contributed by atoms with van der Waals surface area (Å²) in [5.74, 6) is -0.0919. The Balaban J connectivity index is 1.97. The molecule has 0 atom stereocenters. The van der Waals surface area contributed by atoms with Crippen molar-refractivity contribution < 1.29 is 9.90 Å². The third-order valence-corrected chi connectivity index (χ3v) is 3.94. The number of fused-ring (bicyclic) bond motifs is 1. The van der Waals surface area contributed by atoms with Gasteiger partial charge in [0, 0.05) is 18.8 Å². The average Bonchev–Trinajstić information content (AvgIpc) is 2.75. The summed E-state index contributed by atoms with van der Waals surface area (Å²) in [4.78, 5) is 17.8. The molecule has 106 valence electrons. The third-order valence-electron chi connectivity index (χ3n) is 3.94. The van der Waals surface area contributed by atoms with E-state index in [0.717, 1.165) is 29.9 Å². The van der Waals surface area contributed by atoms with Crippen molar-refractivity contribution in [2.45, 2.75) is 32.7 Å². The Morgan fingerprint density at radius 2 is 2.05 bits per heavy atom. The number of hydrogen-bond donors (Lipinski definition) is 1. The molecular formula is C15H19N3O2. The molecule has 1 fully saturated rings. The standard InChI is InChI=1S/C15H19N3O2/c1-11-16-13-9-12(17-7-3-2-4-8-17)5-6-14(13)18(11)10-15(19)20/h5-6,9H,2-4,7-8,10H2,1H3,(H,19,20). The van der Waals surface area contributed by atoms with E-state index in [1.807, 2.05) is 13.0 Å². The molecule has 1 aromatic heterocycles. The van der Waals surface area contributed by atoms with Crippen LogP contribution in [0.4, 0.5) is 5.69 Å². The van der Waals surface area contributed by atoms with Gasteiger partial charge in [0.15, 0.2) is 0 Å². The highest BCUT2D eigenvalue weighted by atomic mass is 16.4. The van der Waals surface area contributed by atoms with Gasteiger partial charge in [0.05, 0.1) is 11.0 Å². The van der Waals surface area contributed by atoms with Crippen LogP contribution in [-0.4, -0.2) is 33.7 Å². The van der Waals surface area contributed by atoms with Crippen molar-refractivity contribution in [2.75, 3.05) is 18.0 Å². The van der Waals surface area contributed by atoms with Crippen molar-refractivity contribution in [3.8, 4) is 0 Å². The number of imidazole rings is 1. The second-order valence-electron chi connectivity index (χ2n) is 5.36. The molecule has 0 bridgehead atoms. The molecule has 0 spiro atoms. The summed E-state index contributed by atoms with van der Waals surface area (Å²) < 4.78 is 1.75. The van der Waals surface area contributed by atoms with Gasteiger partial charge in [-0.05, 0) is 44.4 Å². The van der Waals surface area contributed by atoms with Gasteiger partial charge in [0.25, 0.3) is 0 Å². The molecule has 2 aromatic rings. The van der Waals surface area contributed by atoms with Gasteiger partial charge >= 0.3 is 5.97 Å². The summed E-state index contributed by atoms with van der Waals surface area (Å²) in [6, 6.07) is 6.14. The van der Waals surface area contributed by atoms with Crippen LogP contribution in [0.1, 0.15) is 25.1 Å². The molecular weight excluding hydrogens is 254 g/mol. The topological polar surface area (TPSA) is 58.4 Å². The Morgan fingerprint density at radius 3 is 2.75 bits per heavy atom. The van der Waals surface area contributed by atoms with E-state index >= 15 is 0 Å². The van der Waals surface area contributed by atoms with Gasteiger partial charge in [-0.1, -0.05) is 0 Å². The van der Waals surface area contributed by atoms with Crippen LogP contribution in [0.3, 0.4) is 0 Å². The summed E-state index contributed by atoms with van der Waals surface area (Å²) in [7, 11) is 0. The number of benzene rings is 1. The molecule has 0 saturated carbocycles. The number of piperidine rings is 1. The molecule has 0 amide bonds. The fourth-order valence-electron chi connectivity index (χ4n) is 2.92. The van der Waals surface area contributed by atoms with Crippen LogP contribution < -0.4 is 4.90 Å². The second kappa shape index (κ2) is 5.15. The monoisotopic (exact) mass is 273 g/mol. The minimum atomic E-state index is -0.840. The fourth-order valence-corrected chi connectivity index (χ4v) is 2.92. The second-order valence-corrected chi connectivity index (χ2v) is 5.36. The van der Waals surface area contributed by atoms with E-state index in [2.05, 4.69) is 22.0 Å². The molecule has 0 aliphatic carbocycles. The first-order chi connectivity index (χ1) is 9.65. The summed E-state index contributed by atoms with van der Waals surface area (Å²) in [6.45, 7) is 4.01. The number of anilines is 1. The van der Waals surface area contributed by atoms with Gasteiger partial charge in [-0.25, -0.2) is 4.98 Å². The number of aliphatic carboxylic acids is 1. The van der Waals surface area contributed by atoms with Gasteiger partial charge in [0.2, 0.25) is 0 Å². The highest BCUT2D eigenvalue weighted by Crippen LogP contribution is 2.25. The van der Waals surface area contributed by atoms with Crippen LogP contribution in [0.2, 0.25) is 0 Å². The van der Waals surface area contributed by atoms with Crippen LogP contribution in [0.25, 0.3) is 11.0 Å². The van der Waals surface area contributed by atoms with E-state index < -0.39 is 5.97 Å². The minimum absolute atomic E-state index is 0.0363. The third kappa shape index (κ3) is 2.35. The number of rotatable bonds is 3. The Bertz CT molecular complexity index is 642. The van der Waals surface area contributed by atoms with Crippen LogP contribution in [0.15, 0.2) is 18.2 Å². The first-order valence-electron chi connectivity index (χ1n) is 7.09. The van der Waals surface area contributed by atoms with Crippen molar-refractivity contribution in [2.24, 2.45) is 0 Å². The van der Waals surface area contributed by atoms with Crippen LogP contribution in [0, 0.1) is 6.92 Å². The van der Waals surface area contributed by atoms with Crippen LogP contribution in [0.5, 0.6) is 0 Å². The normalized spacial score (nSPS) is 15.8. The van der Waals surface area contributed by atoms with Gasteiger partial charge < -0.3 is 14.6 Å². The Labute approximate surface area is 117 Å². The summed E-state index contributed by atoms with van der Waals surface area (Å²) in [5, 5.41) is 8.97. The lowest BCUT2D eigenvalue weighted by atomic mass is 10.1. The van der Waals surface area contributed by atoms with Crippen LogP contribution >= 0.6 is 0 Å². The minimum Gasteiger partial charge on any atom is -0.480 e. The molecule has 5 heteroatoms. The van der Waals surface area contributed by atoms with Gasteiger partial charge in [-0.15, -0.1) is 0 Å². The van der Waals surface area contributed by atoms with Crippen molar-refractivity contribution in [1.29, 1.82) is 0 Å². The van der Waals surface area contributed by atoms with E-state index in [0.29, 0.717) is 0 Å². The zero-order valence-electron chi connectivity index (χ0n) is 11.7. The van der Waals surface area contributed by atoms with E-state index in [-0.39, 0.29) is 6.54 Å². The zero-order chi connectivity index (χ0) is 14.1. The molecule has 1 aliphatic heterocycles.